The molecule has 5 rings (SSSR count). The van der Waals surface area contributed by atoms with Crippen molar-refractivity contribution >= 4 is 37.6 Å². The van der Waals surface area contributed by atoms with Gasteiger partial charge in [-0.15, -0.1) is 0 Å². The van der Waals surface area contributed by atoms with Crippen LogP contribution in [0.15, 0.2) is 102 Å². The fourth-order valence-electron chi connectivity index (χ4n) is 5.35. The highest BCUT2D eigenvalue weighted by Gasteiger charge is 2.44. The lowest BCUT2D eigenvalue weighted by atomic mass is 9.70. The Labute approximate surface area is 231 Å². The van der Waals surface area contributed by atoms with Gasteiger partial charge in [-0.1, -0.05) is 88.7 Å². The molecule has 0 unspecified atom stereocenters. The monoisotopic (exact) mass is 570 g/mol. The highest BCUT2D eigenvalue weighted by Crippen LogP contribution is 2.49. The summed E-state index contributed by atoms with van der Waals surface area (Å²) < 4.78 is 6.27. The van der Waals surface area contributed by atoms with E-state index in [4.69, 9.17) is 9.72 Å². The van der Waals surface area contributed by atoms with Crippen LogP contribution in [0.25, 0.3) is 21.7 Å². The molecule has 0 spiro atoms. The van der Waals surface area contributed by atoms with Crippen molar-refractivity contribution in [1.82, 2.24) is 4.98 Å². The van der Waals surface area contributed by atoms with Crippen LogP contribution in [0, 0.1) is 5.21 Å². The number of aromatic nitrogens is 1. The summed E-state index contributed by atoms with van der Waals surface area (Å²) in [4.78, 5) is 4.84. The molecule has 0 amide bonds. The normalized spacial score (nSPS) is 14.4. The number of methoxy groups -OCH3 is 1. The predicted octanol–water partition coefficient (Wildman–Crippen LogP) is 7.14. The molecule has 1 aromatic heterocycles. The summed E-state index contributed by atoms with van der Waals surface area (Å²) in [6, 6.07) is 31.9. The van der Waals surface area contributed by atoms with Crippen LogP contribution in [0.5, 0.6) is 5.88 Å². The van der Waals surface area contributed by atoms with Crippen molar-refractivity contribution in [2.24, 2.45) is 0 Å². The van der Waals surface area contributed by atoms with Crippen LogP contribution in [0.4, 0.5) is 0 Å². The number of ether oxygens (including phenoxy) is 1. The van der Waals surface area contributed by atoms with E-state index in [-0.39, 0.29) is 13.0 Å². The van der Waals surface area contributed by atoms with Gasteiger partial charge in [0.05, 0.1) is 33.3 Å². The Morgan fingerprint density at radius 3 is 2.37 bits per heavy atom. The molecule has 0 fully saturated rings. The standard InChI is InChI=1S/C32H31BrN2O3/c1-35(2,37)19-18-32(36,28-15-9-13-22-10-7-8-14-26(22)28)30(23-11-5-4-6-12-23)27-21-24-20-25(33)16-17-29(24)34-31(27)38-3/h4-17,20-21,30,36H,18-19H2,1-3H3/t30-,32+/m0/s1. The Morgan fingerprint density at radius 2 is 1.63 bits per heavy atom. The first-order valence-electron chi connectivity index (χ1n) is 12.6. The molecule has 5 nitrogen and oxygen atoms in total. The van der Waals surface area contributed by atoms with E-state index in [1.165, 1.54) is 0 Å². The molecule has 0 aliphatic carbocycles. The van der Waals surface area contributed by atoms with E-state index in [1.54, 1.807) is 21.2 Å². The van der Waals surface area contributed by atoms with Gasteiger partial charge in [-0.2, -0.15) is 0 Å². The molecule has 0 aliphatic heterocycles. The van der Waals surface area contributed by atoms with Crippen LogP contribution >= 0.6 is 15.9 Å². The number of hydroxylamine groups is 3. The Balaban J connectivity index is 1.84. The van der Waals surface area contributed by atoms with Crippen molar-refractivity contribution in [1.29, 1.82) is 0 Å². The minimum atomic E-state index is -1.45. The average molecular weight is 572 g/mol. The van der Waals surface area contributed by atoms with Crippen molar-refractivity contribution in [3.05, 3.63) is 123 Å². The lowest BCUT2D eigenvalue weighted by Gasteiger charge is -2.42. The van der Waals surface area contributed by atoms with E-state index >= 15 is 0 Å². The molecule has 38 heavy (non-hydrogen) atoms. The maximum Gasteiger partial charge on any atom is 0.217 e. The third-order valence-electron chi connectivity index (χ3n) is 7.17. The van der Waals surface area contributed by atoms with Gasteiger partial charge < -0.3 is 19.7 Å². The van der Waals surface area contributed by atoms with Gasteiger partial charge >= 0.3 is 0 Å². The van der Waals surface area contributed by atoms with E-state index in [0.717, 1.165) is 42.8 Å². The van der Waals surface area contributed by atoms with Gasteiger partial charge in [0.15, 0.2) is 0 Å². The van der Waals surface area contributed by atoms with E-state index in [9.17, 15) is 10.3 Å². The Hall–Kier alpha value is -3.29. The number of fused-ring (bicyclic) bond motifs is 2. The van der Waals surface area contributed by atoms with Gasteiger partial charge in [-0.05, 0) is 46.2 Å². The van der Waals surface area contributed by atoms with Crippen molar-refractivity contribution in [2.75, 3.05) is 27.7 Å². The van der Waals surface area contributed by atoms with Gasteiger partial charge in [0.1, 0.15) is 5.60 Å². The van der Waals surface area contributed by atoms with E-state index in [1.807, 2.05) is 91.0 Å². The van der Waals surface area contributed by atoms with Crippen LogP contribution in [0.3, 0.4) is 0 Å². The second-order valence-electron chi connectivity index (χ2n) is 10.3. The van der Waals surface area contributed by atoms with Crippen LogP contribution < -0.4 is 4.74 Å². The minimum absolute atomic E-state index is 0.220. The molecule has 1 N–H and O–H groups in total. The molecule has 0 aliphatic rings. The minimum Gasteiger partial charge on any atom is -0.633 e. The average Bonchev–Trinajstić information content (AvgIpc) is 2.91. The molecule has 0 radical (unpaired) electrons. The first-order chi connectivity index (χ1) is 18.2. The first-order valence-corrected chi connectivity index (χ1v) is 13.4. The summed E-state index contributed by atoms with van der Waals surface area (Å²) in [5.74, 6) is -0.116. The predicted molar refractivity (Wildman–Crippen MR) is 157 cm³/mol. The van der Waals surface area contributed by atoms with Crippen molar-refractivity contribution < 1.29 is 14.5 Å². The highest BCUT2D eigenvalue weighted by atomic mass is 79.9. The van der Waals surface area contributed by atoms with Gasteiger partial charge in [-0.25, -0.2) is 4.98 Å². The molecule has 5 aromatic rings. The number of aliphatic hydroxyl groups is 1. The van der Waals surface area contributed by atoms with Gasteiger partial charge in [0.25, 0.3) is 0 Å². The molecule has 0 saturated carbocycles. The summed E-state index contributed by atoms with van der Waals surface area (Å²) in [5, 5.41) is 28.8. The summed E-state index contributed by atoms with van der Waals surface area (Å²) in [6.07, 6.45) is 0.233. The van der Waals surface area contributed by atoms with Crippen molar-refractivity contribution in [3.8, 4) is 5.88 Å². The zero-order valence-corrected chi connectivity index (χ0v) is 23.4. The number of pyridine rings is 1. The van der Waals surface area contributed by atoms with Crippen molar-refractivity contribution in [2.45, 2.75) is 17.9 Å². The fraction of sp³-hybridized carbons (Fsp3) is 0.219. The Morgan fingerprint density at radius 1 is 0.921 bits per heavy atom. The molecular formula is C32H31BrN2O3. The van der Waals surface area contributed by atoms with Gasteiger partial charge in [0, 0.05) is 27.8 Å². The zero-order chi connectivity index (χ0) is 26.9. The van der Waals surface area contributed by atoms with Gasteiger partial charge in [0.2, 0.25) is 5.88 Å². The lowest BCUT2D eigenvalue weighted by Crippen LogP contribution is -2.42. The second-order valence-corrected chi connectivity index (χ2v) is 11.2. The molecule has 6 heteroatoms. The van der Waals surface area contributed by atoms with Gasteiger partial charge in [-0.3, -0.25) is 0 Å². The molecule has 194 valence electrons. The third kappa shape index (κ3) is 5.18. The van der Waals surface area contributed by atoms with E-state index in [0.29, 0.717) is 5.88 Å². The summed E-state index contributed by atoms with van der Waals surface area (Å²) in [6.45, 7) is 0.220. The number of hydrogen-bond acceptors (Lipinski definition) is 4. The molecule has 1 heterocycles. The van der Waals surface area contributed by atoms with Crippen LogP contribution in [-0.2, 0) is 5.60 Å². The molecule has 0 saturated heterocycles. The van der Waals surface area contributed by atoms with Crippen LogP contribution in [-0.4, -0.2) is 42.5 Å². The third-order valence-corrected chi connectivity index (χ3v) is 7.67. The Bertz CT molecular complexity index is 1580. The molecule has 4 aromatic carbocycles. The first kappa shape index (κ1) is 26.3. The number of halogens is 1. The number of benzene rings is 4. The molecule has 2 atom stereocenters. The maximum atomic E-state index is 13.0. The number of hydrogen-bond donors (Lipinski definition) is 1. The van der Waals surface area contributed by atoms with E-state index in [2.05, 4.69) is 22.0 Å². The summed E-state index contributed by atoms with van der Waals surface area (Å²) in [7, 11) is 4.82. The largest absolute Gasteiger partial charge is 0.633 e. The zero-order valence-electron chi connectivity index (χ0n) is 21.8. The molecular weight excluding hydrogens is 540 g/mol. The molecule has 0 bridgehead atoms. The summed E-state index contributed by atoms with van der Waals surface area (Å²) >= 11 is 3.58. The number of rotatable bonds is 8. The summed E-state index contributed by atoms with van der Waals surface area (Å²) in [5.41, 5.74) is 1.79. The van der Waals surface area contributed by atoms with Crippen LogP contribution in [0.2, 0.25) is 0 Å². The highest BCUT2D eigenvalue weighted by molar-refractivity contribution is 9.10. The maximum absolute atomic E-state index is 13.0. The van der Waals surface area contributed by atoms with Crippen molar-refractivity contribution in [3.63, 3.8) is 0 Å². The number of nitrogens with zero attached hydrogens (tertiary/aromatic N) is 2. The second kappa shape index (κ2) is 10.5. The SMILES string of the molecule is COc1nc2ccc(Br)cc2cc1[C@H](c1ccccc1)[C@@](O)(CC[N+](C)(C)[O-])c1cccc2ccccc12. The topological polar surface area (TPSA) is 65.4 Å². The quantitative estimate of drug-likeness (QED) is 0.159. The van der Waals surface area contributed by atoms with E-state index < -0.39 is 16.2 Å². The number of quaternary nitrogens is 1. The lowest BCUT2D eigenvalue weighted by molar-refractivity contribution is -0.841. The fourth-order valence-corrected chi connectivity index (χ4v) is 5.73. The van der Waals surface area contributed by atoms with Crippen LogP contribution in [0.1, 0.15) is 29.0 Å². The Kier molecular flexibility index (Phi) is 7.25. The smallest absolute Gasteiger partial charge is 0.217 e.